The molecule has 3 aromatic carbocycles. The second-order valence-electron chi connectivity index (χ2n) is 9.48. The van der Waals surface area contributed by atoms with Gasteiger partial charge in [-0.25, -0.2) is 0 Å². The van der Waals surface area contributed by atoms with Gasteiger partial charge in [0.25, 0.3) is 11.1 Å². The largest absolute Gasteiger partial charge is 0.490 e. The molecular formula is C31H30ClN3O6S. The number of morpholine rings is 1. The molecule has 2 aliphatic heterocycles. The molecule has 11 heteroatoms. The second-order valence-corrected chi connectivity index (χ2v) is 10.9. The number of benzene rings is 3. The first-order valence-electron chi connectivity index (χ1n) is 13.5. The Morgan fingerprint density at radius 3 is 2.52 bits per heavy atom. The highest BCUT2D eigenvalue weighted by Gasteiger charge is 2.36. The van der Waals surface area contributed by atoms with Crippen molar-refractivity contribution in [2.24, 2.45) is 0 Å². The van der Waals surface area contributed by atoms with Gasteiger partial charge < -0.3 is 24.4 Å². The second kappa shape index (κ2) is 13.8. The predicted octanol–water partition coefficient (Wildman–Crippen LogP) is 5.83. The Labute approximate surface area is 253 Å². The smallest absolute Gasteiger partial charge is 0.294 e. The number of anilines is 2. The van der Waals surface area contributed by atoms with Crippen molar-refractivity contribution in [2.45, 2.75) is 13.5 Å². The molecule has 1 N–H and O–H groups in total. The van der Waals surface area contributed by atoms with Crippen LogP contribution in [-0.4, -0.2) is 61.4 Å². The highest BCUT2D eigenvalue weighted by molar-refractivity contribution is 8.18. The Balaban J connectivity index is 1.21. The molecule has 0 atom stereocenters. The number of rotatable bonds is 10. The fourth-order valence-electron chi connectivity index (χ4n) is 4.48. The van der Waals surface area contributed by atoms with Gasteiger partial charge in [-0.15, -0.1) is 0 Å². The van der Waals surface area contributed by atoms with Crippen LogP contribution in [0.1, 0.15) is 18.1 Å². The van der Waals surface area contributed by atoms with Crippen LogP contribution in [0.4, 0.5) is 16.2 Å². The lowest BCUT2D eigenvalue weighted by atomic mass is 10.1. The van der Waals surface area contributed by atoms with Crippen molar-refractivity contribution in [3.05, 3.63) is 87.8 Å². The van der Waals surface area contributed by atoms with E-state index in [0.29, 0.717) is 47.6 Å². The minimum Gasteiger partial charge on any atom is -0.490 e. The van der Waals surface area contributed by atoms with Crippen LogP contribution in [0, 0.1) is 0 Å². The molecule has 2 aliphatic rings. The molecule has 2 fully saturated rings. The number of carbonyl (C=O) groups is 3. The molecule has 0 radical (unpaired) electrons. The third-order valence-corrected chi connectivity index (χ3v) is 7.89. The lowest BCUT2D eigenvalue weighted by Crippen LogP contribution is -2.36. The van der Waals surface area contributed by atoms with Gasteiger partial charge >= 0.3 is 0 Å². The van der Waals surface area contributed by atoms with Crippen LogP contribution < -0.4 is 19.7 Å². The first kappa shape index (κ1) is 29.5. The summed E-state index contributed by atoms with van der Waals surface area (Å²) < 4.78 is 17.1. The summed E-state index contributed by atoms with van der Waals surface area (Å²) in [6.45, 7) is 5.14. The summed E-state index contributed by atoms with van der Waals surface area (Å²) in [7, 11) is 0. The van der Waals surface area contributed by atoms with Crippen molar-refractivity contribution >= 4 is 57.9 Å². The van der Waals surface area contributed by atoms with Crippen LogP contribution in [0.2, 0.25) is 5.02 Å². The number of hydrogen-bond donors (Lipinski definition) is 1. The summed E-state index contributed by atoms with van der Waals surface area (Å²) in [5, 5.41) is 2.87. The molecule has 3 amide bonds. The van der Waals surface area contributed by atoms with E-state index in [0.717, 1.165) is 41.0 Å². The Morgan fingerprint density at radius 2 is 1.79 bits per heavy atom. The highest BCUT2D eigenvalue weighted by atomic mass is 35.5. The zero-order valence-electron chi connectivity index (χ0n) is 23.0. The van der Waals surface area contributed by atoms with Crippen molar-refractivity contribution in [3.8, 4) is 11.5 Å². The van der Waals surface area contributed by atoms with Gasteiger partial charge in [0.05, 0.1) is 24.7 Å². The van der Waals surface area contributed by atoms with Crippen molar-refractivity contribution in [1.82, 2.24) is 4.90 Å². The van der Waals surface area contributed by atoms with Gasteiger partial charge in [-0.05, 0) is 72.8 Å². The first-order valence-corrected chi connectivity index (χ1v) is 14.7. The van der Waals surface area contributed by atoms with E-state index in [-0.39, 0.29) is 18.1 Å². The van der Waals surface area contributed by atoms with Gasteiger partial charge in [0.2, 0.25) is 5.91 Å². The maximum Gasteiger partial charge on any atom is 0.294 e. The van der Waals surface area contributed by atoms with E-state index in [2.05, 4.69) is 10.2 Å². The number of amides is 3. The molecule has 0 unspecified atom stereocenters. The molecule has 2 heterocycles. The number of imide groups is 1. The van der Waals surface area contributed by atoms with Gasteiger partial charge in [-0.3, -0.25) is 19.3 Å². The average molecular weight is 608 g/mol. The molecule has 0 aromatic heterocycles. The highest BCUT2D eigenvalue weighted by Crippen LogP contribution is 2.35. The third-order valence-electron chi connectivity index (χ3n) is 6.61. The lowest BCUT2D eigenvalue weighted by Gasteiger charge is -2.28. The van der Waals surface area contributed by atoms with Crippen LogP contribution in [0.5, 0.6) is 11.5 Å². The fraction of sp³-hybridized carbons (Fsp3) is 0.258. The van der Waals surface area contributed by atoms with Gasteiger partial charge in [-0.1, -0.05) is 35.9 Å². The number of nitrogens with one attached hydrogen (secondary N) is 1. The van der Waals surface area contributed by atoms with Crippen LogP contribution >= 0.6 is 23.4 Å². The zero-order chi connectivity index (χ0) is 29.5. The van der Waals surface area contributed by atoms with Crippen LogP contribution in [0.15, 0.2) is 71.6 Å². The molecular weight excluding hydrogens is 578 g/mol. The normalized spacial score (nSPS) is 16.2. The Morgan fingerprint density at radius 1 is 1.02 bits per heavy atom. The van der Waals surface area contributed by atoms with E-state index in [1.54, 1.807) is 42.5 Å². The van der Waals surface area contributed by atoms with Gasteiger partial charge in [0.1, 0.15) is 13.2 Å². The maximum atomic E-state index is 13.0. The van der Waals surface area contributed by atoms with Crippen molar-refractivity contribution in [1.29, 1.82) is 0 Å². The summed E-state index contributed by atoms with van der Waals surface area (Å²) in [5.74, 6) is 0.0318. The SMILES string of the molecule is CCOc1cc(/C=C2/SC(=O)N(CC(=O)Nc3ccc(N4CCOCC4)cc3)C2=O)ccc1OCc1ccccc1Cl. The molecule has 3 aromatic rings. The van der Waals surface area contributed by atoms with Gasteiger partial charge in [0.15, 0.2) is 11.5 Å². The van der Waals surface area contributed by atoms with E-state index >= 15 is 0 Å². The Kier molecular flexibility index (Phi) is 9.68. The van der Waals surface area contributed by atoms with Crippen LogP contribution in [-0.2, 0) is 20.9 Å². The van der Waals surface area contributed by atoms with E-state index in [1.807, 2.05) is 37.3 Å². The quantitative estimate of drug-likeness (QED) is 0.288. The third kappa shape index (κ3) is 7.25. The zero-order valence-corrected chi connectivity index (χ0v) is 24.6. The maximum absolute atomic E-state index is 13.0. The lowest BCUT2D eigenvalue weighted by molar-refractivity contribution is -0.127. The summed E-state index contributed by atoms with van der Waals surface area (Å²) in [5.41, 5.74) is 3.12. The molecule has 0 saturated carbocycles. The van der Waals surface area contributed by atoms with Crippen LogP contribution in [0.25, 0.3) is 6.08 Å². The van der Waals surface area contributed by atoms with E-state index in [4.69, 9.17) is 25.8 Å². The van der Waals surface area contributed by atoms with E-state index in [9.17, 15) is 14.4 Å². The summed E-state index contributed by atoms with van der Waals surface area (Å²) in [4.78, 5) is 41.8. The summed E-state index contributed by atoms with van der Waals surface area (Å²) >= 11 is 7.03. The van der Waals surface area contributed by atoms with Crippen molar-refractivity contribution < 1.29 is 28.6 Å². The molecule has 0 spiro atoms. The molecule has 42 heavy (non-hydrogen) atoms. The molecule has 5 rings (SSSR count). The number of thioether (sulfide) groups is 1. The standard InChI is InChI=1S/C31H30ClN3O6S/c1-2-40-27-17-21(7-12-26(27)41-20-22-5-3-4-6-25(22)32)18-28-30(37)35(31(38)42-28)19-29(36)33-23-8-10-24(11-9-23)34-13-15-39-16-14-34/h3-12,17-18H,2,13-16,19-20H2,1H3,(H,33,36)/b28-18+. The molecule has 0 aliphatic carbocycles. The summed E-state index contributed by atoms with van der Waals surface area (Å²) in [6.07, 6.45) is 1.60. The Bertz CT molecular complexity index is 1490. The molecule has 0 bridgehead atoms. The fourth-order valence-corrected chi connectivity index (χ4v) is 5.51. The monoisotopic (exact) mass is 607 g/mol. The first-order chi connectivity index (χ1) is 20.4. The molecule has 2 saturated heterocycles. The van der Waals surface area contributed by atoms with Crippen LogP contribution in [0.3, 0.4) is 0 Å². The number of carbonyl (C=O) groups excluding carboxylic acids is 3. The van der Waals surface area contributed by atoms with Crippen molar-refractivity contribution in [3.63, 3.8) is 0 Å². The molecule has 9 nitrogen and oxygen atoms in total. The Hall–Kier alpha value is -3.99. The van der Waals surface area contributed by atoms with Crippen molar-refractivity contribution in [2.75, 3.05) is 49.7 Å². The predicted molar refractivity (Wildman–Crippen MR) is 164 cm³/mol. The summed E-state index contributed by atoms with van der Waals surface area (Å²) in [6, 6.07) is 20.1. The minimum atomic E-state index is -0.528. The number of hydrogen-bond acceptors (Lipinski definition) is 8. The van der Waals surface area contributed by atoms with E-state index in [1.165, 1.54) is 0 Å². The van der Waals surface area contributed by atoms with E-state index < -0.39 is 17.1 Å². The average Bonchev–Trinajstić information content (AvgIpc) is 3.25. The number of nitrogens with zero attached hydrogens (tertiary/aromatic N) is 2. The van der Waals surface area contributed by atoms with Gasteiger partial charge in [0, 0.05) is 35.1 Å². The number of ether oxygens (including phenoxy) is 3. The number of halogens is 1. The minimum absolute atomic E-state index is 0.217. The van der Waals surface area contributed by atoms with Gasteiger partial charge in [-0.2, -0.15) is 0 Å². The molecule has 218 valence electrons. The topological polar surface area (TPSA) is 97.4 Å².